The van der Waals surface area contributed by atoms with Crippen LogP contribution in [0.2, 0.25) is 0 Å². The molecule has 0 radical (unpaired) electrons. The van der Waals surface area contributed by atoms with Crippen LogP contribution in [0.4, 0.5) is 0 Å². The number of phenols is 1. The van der Waals surface area contributed by atoms with Crippen LogP contribution in [0.15, 0.2) is 46.7 Å². The smallest absolute Gasteiger partial charge is 0.170 e. The van der Waals surface area contributed by atoms with Crippen LogP contribution in [0.25, 0.3) is 0 Å². The predicted octanol–water partition coefficient (Wildman–Crippen LogP) is 2.07. The highest BCUT2D eigenvalue weighted by Crippen LogP contribution is 2.17. The molecule has 0 amide bonds. The first kappa shape index (κ1) is 17.5. The summed E-state index contributed by atoms with van der Waals surface area (Å²) < 4.78 is 0. The van der Waals surface area contributed by atoms with E-state index in [0.717, 1.165) is 27.8 Å². The maximum Gasteiger partial charge on any atom is 0.170 e. The highest BCUT2D eigenvalue weighted by atomic mass is 16.3. The molecule has 0 bridgehead atoms. The number of hydrogen-bond donors (Lipinski definition) is 4. The Bertz CT molecular complexity index is 912. The van der Waals surface area contributed by atoms with Crippen LogP contribution in [0.5, 0.6) is 5.75 Å². The van der Waals surface area contributed by atoms with Gasteiger partial charge in [0.25, 0.3) is 0 Å². The molecular weight excluding hydrogens is 330 g/mol. The monoisotopic (exact) mass is 349 g/mol. The molecule has 0 saturated heterocycles. The Balaban J connectivity index is 1.92. The average molecular weight is 349 g/mol. The first-order valence-electron chi connectivity index (χ1n) is 8.25. The van der Waals surface area contributed by atoms with Crippen LogP contribution in [0.3, 0.4) is 0 Å². The van der Waals surface area contributed by atoms with Crippen LogP contribution in [-0.2, 0) is 6.42 Å². The van der Waals surface area contributed by atoms with E-state index in [-0.39, 0.29) is 12.3 Å². The van der Waals surface area contributed by atoms with E-state index in [1.54, 1.807) is 18.2 Å². The summed E-state index contributed by atoms with van der Waals surface area (Å²) in [5.74, 6) is 7.28. The van der Waals surface area contributed by atoms with E-state index in [2.05, 4.69) is 38.6 Å². The number of phenolic OH excluding ortho intramolecular Hbond substituents is 1. The lowest BCUT2D eigenvalue weighted by atomic mass is 9.99. The van der Waals surface area contributed by atoms with Crippen LogP contribution >= 0.6 is 0 Å². The van der Waals surface area contributed by atoms with Crippen molar-refractivity contribution in [3.63, 3.8) is 0 Å². The van der Waals surface area contributed by atoms with Crippen molar-refractivity contribution >= 4 is 5.84 Å². The number of nitroso groups, excluding NO2 is 1. The van der Waals surface area contributed by atoms with Gasteiger partial charge in [-0.2, -0.15) is 4.91 Å². The van der Waals surface area contributed by atoms with E-state index in [1.165, 1.54) is 0 Å². The molecular formula is C19H19N5O2. The minimum absolute atomic E-state index is 0.228. The topological polar surface area (TPSA) is 98.1 Å². The van der Waals surface area contributed by atoms with Crippen molar-refractivity contribution < 1.29 is 5.11 Å². The van der Waals surface area contributed by atoms with Gasteiger partial charge in [-0.25, -0.2) is 5.53 Å². The third-order valence-electron chi connectivity index (χ3n) is 4.02. The second-order valence-corrected chi connectivity index (χ2v) is 5.90. The molecule has 0 atom stereocenters. The van der Waals surface area contributed by atoms with E-state index in [4.69, 9.17) is 0 Å². The molecule has 26 heavy (non-hydrogen) atoms. The molecule has 3 rings (SSSR count). The highest BCUT2D eigenvalue weighted by molar-refractivity contribution is 5.99. The number of aromatic hydroxyl groups is 1. The molecule has 132 valence electrons. The third kappa shape index (κ3) is 4.18. The van der Waals surface area contributed by atoms with Gasteiger partial charge >= 0.3 is 0 Å². The number of hydrazone groups is 1. The Morgan fingerprint density at radius 1 is 1.15 bits per heavy atom. The van der Waals surface area contributed by atoms with E-state index in [1.807, 2.05) is 25.1 Å². The number of nitrogens with zero attached hydrogens (tertiary/aromatic N) is 2. The van der Waals surface area contributed by atoms with Crippen molar-refractivity contribution in [1.29, 1.82) is 0 Å². The lowest BCUT2D eigenvalue weighted by Crippen LogP contribution is -2.35. The zero-order valence-electron chi connectivity index (χ0n) is 14.3. The van der Waals surface area contributed by atoms with Gasteiger partial charge in [-0.1, -0.05) is 17.0 Å². The lowest BCUT2D eigenvalue weighted by molar-refractivity contribution is 0.475. The summed E-state index contributed by atoms with van der Waals surface area (Å²) in [6.45, 7) is 2.18. The molecule has 0 aromatic heterocycles. The third-order valence-corrected chi connectivity index (χ3v) is 4.02. The summed E-state index contributed by atoms with van der Waals surface area (Å²) in [7, 11) is 0. The van der Waals surface area contributed by atoms with Crippen LogP contribution in [0, 0.1) is 23.7 Å². The number of benzene rings is 2. The van der Waals surface area contributed by atoms with Crippen molar-refractivity contribution in [2.75, 3.05) is 6.54 Å². The molecule has 0 saturated carbocycles. The summed E-state index contributed by atoms with van der Waals surface area (Å²) in [6, 6.07) is 11.0. The van der Waals surface area contributed by atoms with Gasteiger partial charge in [0.05, 0.1) is 6.54 Å². The molecule has 0 spiro atoms. The number of aryl methyl sites for hydroxylation is 2. The highest BCUT2D eigenvalue weighted by Gasteiger charge is 2.10. The fourth-order valence-electron chi connectivity index (χ4n) is 2.66. The molecule has 2 aromatic carbocycles. The van der Waals surface area contributed by atoms with Gasteiger partial charge in [0.1, 0.15) is 5.75 Å². The molecule has 1 heterocycles. The summed E-state index contributed by atoms with van der Waals surface area (Å²) >= 11 is 0. The fourth-order valence-corrected chi connectivity index (χ4v) is 2.66. The molecule has 4 N–H and O–H groups in total. The molecule has 7 heteroatoms. The van der Waals surface area contributed by atoms with E-state index < -0.39 is 0 Å². The van der Waals surface area contributed by atoms with Crippen molar-refractivity contribution in [2.24, 2.45) is 10.3 Å². The summed E-state index contributed by atoms with van der Waals surface area (Å²) in [4.78, 5) is 10.4. The SMILES string of the molecule is Cc1cc(O)ccc1C#Cc1ccc(C2=NNNN2)cc1CCCN=O. The van der Waals surface area contributed by atoms with Crippen molar-refractivity contribution in [3.8, 4) is 17.6 Å². The van der Waals surface area contributed by atoms with E-state index >= 15 is 0 Å². The van der Waals surface area contributed by atoms with Gasteiger partial charge in [-0.15, -0.1) is 10.6 Å². The van der Waals surface area contributed by atoms with Crippen LogP contribution < -0.4 is 16.5 Å². The summed E-state index contributed by atoms with van der Waals surface area (Å²) in [6.07, 6.45) is 1.36. The maximum absolute atomic E-state index is 10.4. The first-order chi connectivity index (χ1) is 12.7. The first-order valence-corrected chi connectivity index (χ1v) is 8.25. The molecule has 2 aromatic rings. The van der Waals surface area contributed by atoms with Gasteiger partial charge in [0, 0.05) is 16.7 Å². The maximum atomic E-state index is 10.4. The Kier molecular flexibility index (Phi) is 5.46. The Morgan fingerprint density at radius 3 is 2.69 bits per heavy atom. The average Bonchev–Trinajstić information content (AvgIpc) is 3.16. The van der Waals surface area contributed by atoms with Gasteiger partial charge in [0.2, 0.25) is 0 Å². The van der Waals surface area contributed by atoms with Crippen molar-refractivity contribution in [2.45, 2.75) is 19.8 Å². The van der Waals surface area contributed by atoms with E-state index in [9.17, 15) is 10.0 Å². The van der Waals surface area contributed by atoms with Crippen molar-refractivity contribution in [1.82, 2.24) is 16.5 Å². The predicted molar refractivity (Wildman–Crippen MR) is 100 cm³/mol. The number of hydrazine groups is 2. The largest absolute Gasteiger partial charge is 0.508 e. The second kappa shape index (κ2) is 8.14. The van der Waals surface area contributed by atoms with Crippen LogP contribution in [-0.4, -0.2) is 17.5 Å². The van der Waals surface area contributed by atoms with Crippen LogP contribution in [0.1, 0.15) is 34.2 Å². The Labute approximate surface area is 151 Å². The zero-order chi connectivity index (χ0) is 18.4. The molecule has 7 nitrogen and oxygen atoms in total. The lowest BCUT2D eigenvalue weighted by Gasteiger charge is -2.07. The van der Waals surface area contributed by atoms with Gasteiger partial charge < -0.3 is 5.11 Å². The number of hydrogen-bond acceptors (Lipinski definition) is 7. The minimum atomic E-state index is 0.228. The summed E-state index contributed by atoms with van der Waals surface area (Å²) in [5, 5.41) is 16.5. The molecule has 0 unspecified atom stereocenters. The Hall–Kier alpha value is -3.37. The number of rotatable bonds is 5. The fraction of sp³-hybridized carbons (Fsp3) is 0.211. The Morgan fingerprint density at radius 2 is 1.96 bits per heavy atom. The number of amidine groups is 1. The number of nitrogens with one attached hydrogen (secondary N) is 3. The normalized spacial score (nSPS) is 12.4. The minimum Gasteiger partial charge on any atom is -0.508 e. The van der Waals surface area contributed by atoms with Crippen molar-refractivity contribution in [3.05, 3.63) is 69.1 Å². The van der Waals surface area contributed by atoms with Gasteiger partial charge in [-0.3, -0.25) is 5.43 Å². The quantitative estimate of drug-likeness (QED) is 0.376. The molecule has 1 aliphatic rings. The van der Waals surface area contributed by atoms with E-state index in [0.29, 0.717) is 18.7 Å². The molecule has 0 aliphatic carbocycles. The summed E-state index contributed by atoms with van der Waals surface area (Å²) in [5.41, 5.74) is 12.9. The molecule has 0 fully saturated rings. The standard InChI is InChI=1S/C19H19N5O2/c1-13-11-18(25)9-8-14(13)4-5-15-6-7-17(19-21-23-24-22-19)12-16(15)3-2-10-20-26/h6-9,11-12,23-25H,2-3,10H2,1H3,(H,21,22). The van der Waals surface area contributed by atoms with Gasteiger partial charge in [-0.05, 0) is 67.3 Å². The molecule has 1 aliphatic heterocycles. The van der Waals surface area contributed by atoms with Gasteiger partial charge in [0.15, 0.2) is 5.84 Å². The zero-order valence-corrected chi connectivity index (χ0v) is 14.3. The second-order valence-electron chi connectivity index (χ2n) is 5.90.